The maximum atomic E-state index is 14.0. The molecule has 0 aliphatic carbocycles. The number of aliphatic hydroxyl groups is 2. The Labute approximate surface area is 138 Å². The van der Waals surface area contributed by atoms with E-state index < -0.39 is 55.0 Å². The van der Waals surface area contributed by atoms with Crippen LogP contribution in [0.5, 0.6) is 0 Å². The molecule has 1 aliphatic heterocycles. The second-order valence-corrected chi connectivity index (χ2v) is 5.27. The average Bonchev–Trinajstić information content (AvgIpc) is 2.76. The summed E-state index contributed by atoms with van der Waals surface area (Å²) in [7, 11) is 0. The lowest BCUT2D eigenvalue weighted by Crippen LogP contribution is -2.41. The van der Waals surface area contributed by atoms with E-state index in [1.807, 2.05) is 0 Å². The van der Waals surface area contributed by atoms with Gasteiger partial charge in [0.05, 0.1) is 13.0 Å². The molecule has 10 nitrogen and oxygen atoms in total. The molecule has 12 heteroatoms. The summed E-state index contributed by atoms with van der Waals surface area (Å²) in [6, 6.07) is 1.04. The molecule has 0 bridgehead atoms. The van der Waals surface area contributed by atoms with Crippen molar-refractivity contribution in [3.63, 3.8) is 0 Å². The molecule has 2 heterocycles. The molecule has 1 aromatic heterocycles. The van der Waals surface area contributed by atoms with Crippen molar-refractivity contribution in [2.75, 3.05) is 11.9 Å². The normalized spacial score (nSPS) is 24.9. The van der Waals surface area contributed by atoms with Crippen molar-refractivity contribution in [2.45, 2.75) is 37.2 Å². The summed E-state index contributed by atoms with van der Waals surface area (Å²) in [5.41, 5.74) is -1.19. The number of aromatic nitrogens is 2. The summed E-state index contributed by atoms with van der Waals surface area (Å²) in [4.78, 5) is 37.1. The van der Waals surface area contributed by atoms with E-state index in [9.17, 15) is 28.3 Å². The first-order valence-electron chi connectivity index (χ1n) is 7.10. The van der Waals surface area contributed by atoms with Crippen LogP contribution in [0.25, 0.3) is 0 Å². The van der Waals surface area contributed by atoms with E-state index in [1.165, 1.54) is 0 Å². The highest BCUT2D eigenvalue weighted by Crippen LogP contribution is 2.41. The number of nitrogens with zero attached hydrogens (tertiary/aromatic N) is 2. The predicted octanol–water partition coefficient (Wildman–Crippen LogP) is -1.07. The summed E-state index contributed by atoms with van der Waals surface area (Å²) in [6.07, 6.45) is -5.93. The first-order chi connectivity index (χ1) is 11.7. The Morgan fingerprint density at radius 3 is 2.60 bits per heavy atom. The first-order valence-corrected chi connectivity index (χ1v) is 7.10. The number of anilines is 1. The molecular formula is C13H15F2N3O7. The zero-order valence-electron chi connectivity index (χ0n) is 12.6. The molecule has 0 aromatic carbocycles. The minimum Gasteiger partial charge on any atom is -0.481 e. The number of aliphatic carboxylic acids is 1. The number of carboxylic acids is 1. The lowest BCUT2D eigenvalue weighted by atomic mass is 10.1. The fraction of sp³-hybridized carbons (Fsp3) is 0.538. The van der Waals surface area contributed by atoms with E-state index in [1.54, 1.807) is 0 Å². The zero-order valence-corrected chi connectivity index (χ0v) is 12.6. The van der Waals surface area contributed by atoms with Gasteiger partial charge in [0.15, 0.2) is 6.10 Å². The van der Waals surface area contributed by atoms with Gasteiger partial charge in [0, 0.05) is 12.6 Å². The molecule has 138 valence electrons. The number of nitrogens with one attached hydrogen (secondary N) is 1. The number of carbonyl (C=O) groups is 2. The molecule has 25 heavy (non-hydrogen) atoms. The monoisotopic (exact) mass is 363 g/mol. The van der Waals surface area contributed by atoms with Crippen LogP contribution in [0.15, 0.2) is 17.1 Å². The second-order valence-electron chi connectivity index (χ2n) is 5.27. The summed E-state index contributed by atoms with van der Waals surface area (Å²) in [5.74, 6) is -6.00. The third kappa shape index (κ3) is 3.97. The van der Waals surface area contributed by atoms with Crippen molar-refractivity contribution in [1.29, 1.82) is 0 Å². The van der Waals surface area contributed by atoms with E-state index >= 15 is 0 Å². The highest BCUT2D eigenvalue weighted by Gasteiger charge is 2.59. The zero-order chi connectivity index (χ0) is 18.8. The van der Waals surface area contributed by atoms with Crippen molar-refractivity contribution in [1.82, 2.24) is 9.55 Å². The Hall–Kier alpha value is -2.44. The Balaban J connectivity index is 2.16. The summed E-state index contributed by atoms with van der Waals surface area (Å²) >= 11 is 0. The molecule has 0 saturated carbocycles. The number of hydrogen-bond acceptors (Lipinski definition) is 7. The second kappa shape index (κ2) is 7.21. The van der Waals surface area contributed by atoms with Crippen LogP contribution in [0.3, 0.4) is 0 Å². The molecule has 1 fully saturated rings. The number of alkyl halides is 2. The van der Waals surface area contributed by atoms with E-state index in [2.05, 4.69) is 10.3 Å². The molecule has 4 N–H and O–H groups in total. The number of halogens is 2. The molecule has 1 unspecified atom stereocenters. The van der Waals surface area contributed by atoms with Crippen molar-refractivity contribution >= 4 is 17.7 Å². The first kappa shape index (κ1) is 18.9. The smallest absolute Gasteiger partial charge is 0.351 e. The minimum absolute atomic E-state index is 0.253. The van der Waals surface area contributed by atoms with Crippen LogP contribution in [0.2, 0.25) is 0 Å². The minimum atomic E-state index is -3.84. The van der Waals surface area contributed by atoms with E-state index in [4.69, 9.17) is 14.9 Å². The summed E-state index contributed by atoms with van der Waals surface area (Å²) < 4.78 is 33.2. The van der Waals surface area contributed by atoms with Crippen LogP contribution in [-0.2, 0) is 14.3 Å². The Kier molecular flexibility index (Phi) is 5.45. The fourth-order valence-electron chi connectivity index (χ4n) is 2.21. The Morgan fingerprint density at radius 1 is 1.40 bits per heavy atom. The van der Waals surface area contributed by atoms with Gasteiger partial charge in [-0.2, -0.15) is 13.8 Å². The number of ether oxygens (including phenoxy) is 1. The number of aliphatic hydroxyl groups excluding tert-OH is 2. The van der Waals surface area contributed by atoms with Gasteiger partial charge >= 0.3 is 17.6 Å². The number of hydrogen-bond donors (Lipinski definition) is 4. The lowest BCUT2D eigenvalue weighted by molar-refractivity contribution is -0.141. The topological polar surface area (TPSA) is 151 Å². The van der Waals surface area contributed by atoms with Crippen molar-refractivity contribution in [3.8, 4) is 0 Å². The summed E-state index contributed by atoms with van der Waals surface area (Å²) in [6.45, 7) is -0.868. The van der Waals surface area contributed by atoms with Crippen LogP contribution in [-0.4, -0.2) is 61.5 Å². The van der Waals surface area contributed by atoms with Crippen molar-refractivity contribution < 1.29 is 38.4 Å². The highest BCUT2D eigenvalue weighted by molar-refractivity contribution is 5.91. The number of carbonyl (C=O) groups excluding carboxylic acids is 1. The van der Waals surface area contributed by atoms with Crippen molar-refractivity contribution in [2.24, 2.45) is 0 Å². The third-order valence-electron chi connectivity index (χ3n) is 3.48. The fourth-order valence-corrected chi connectivity index (χ4v) is 2.21. The van der Waals surface area contributed by atoms with Crippen molar-refractivity contribution in [3.05, 3.63) is 22.7 Å². The molecular weight excluding hydrogens is 348 g/mol. The molecule has 3 atom stereocenters. The summed E-state index contributed by atoms with van der Waals surface area (Å²) in [5, 5.41) is 29.0. The van der Waals surface area contributed by atoms with Crippen LogP contribution in [0.4, 0.5) is 14.6 Å². The quantitative estimate of drug-likeness (QED) is 0.499. The number of carboxylic acid groups (broad SMARTS) is 1. The molecule has 1 amide bonds. The van der Waals surface area contributed by atoms with Gasteiger partial charge in [-0.1, -0.05) is 0 Å². The third-order valence-corrected chi connectivity index (χ3v) is 3.48. The largest absolute Gasteiger partial charge is 0.481 e. The molecule has 1 aromatic rings. The van der Waals surface area contributed by atoms with E-state index in [0.717, 1.165) is 12.3 Å². The van der Waals surface area contributed by atoms with Gasteiger partial charge in [-0.3, -0.25) is 14.2 Å². The maximum Gasteiger partial charge on any atom is 0.351 e. The Morgan fingerprint density at radius 2 is 2.08 bits per heavy atom. The highest BCUT2D eigenvalue weighted by atomic mass is 19.3. The van der Waals surface area contributed by atoms with Crippen LogP contribution >= 0.6 is 0 Å². The van der Waals surface area contributed by atoms with Gasteiger partial charge in [-0.05, 0) is 6.07 Å². The van der Waals surface area contributed by atoms with Gasteiger partial charge in [0.25, 0.3) is 0 Å². The van der Waals surface area contributed by atoms with E-state index in [0.29, 0.717) is 4.57 Å². The standard InChI is InChI=1S/C13H15F2N3O7/c14-13(15)10(23)6(5-19)25-11(13)18-4-3-7(17-12(18)24)16-8(20)1-2-9(21)22/h3-4,6,10-11,19,23H,1-2,5H2,(H,21,22)(H,16,17,20,24)/t6-,10-,11?/m1/s1. The molecule has 0 radical (unpaired) electrons. The van der Waals surface area contributed by atoms with Crippen LogP contribution < -0.4 is 11.0 Å². The molecule has 1 saturated heterocycles. The van der Waals surface area contributed by atoms with Crippen LogP contribution in [0.1, 0.15) is 19.1 Å². The predicted molar refractivity (Wildman–Crippen MR) is 75.9 cm³/mol. The molecule has 1 aliphatic rings. The number of rotatable bonds is 6. The molecule has 0 spiro atoms. The Bertz CT molecular complexity index is 724. The average molecular weight is 363 g/mol. The maximum absolute atomic E-state index is 14.0. The van der Waals surface area contributed by atoms with E-state index in [-0.39, 0.29) is 12.2 Å². The van der Waals surface area contributed by atoms with Gasteiger partial charge in [-0.25, -0.2) is 4.79 Å². The lowest BCUT2D eigenvalue weighted by Gasteiger charge is -2.21. The van der Waals surface area contributed by atoms with Gasteiger partial charge in [0.1, 0.15) is 11.9 Å². The van der Waals surface area contributed by atoms with Gasteiger partial charge in [0.2, 0.25) is 12.1 Å². The number of amides is 1. The van der Waals surface area contributed by atoms with Crippen LogP contribution in [0, 0.1) is 0 Å². The van der Waals surface area contributed by atoms with Gasteiger partial charge in [-0.15, -0.1) is 0 Å². The van der Waals surface area contributed by atoms with Gasteiger partial charge < -0.3 is 25.4 Å². The SMILES string of the molecule is O=C(O)CCC(=O)Nc1ccn(C2O[C@H](CO)[C@@H](O)C2(F)F)c(=O)n1. The molecule has 2 rings (SSSR count).